The van der Waals surface area contributed by atoms with E-state index in [1.807, 2.05) is 12.1 Å². The summed E-state index contributed by atoms with van der Waals surface area (Å²) in [6.07, 6.45) is 0. The summed E-state index contributed by atoms with van der Waals surface area (Å²) in [5, 5.41) is 11.9. The average molecular weight is 637 g/mol. The van der Waals surface area contributed by atoms with Crippen LogP contribution < -0.4 is 0 Å². The zero-order valence-electron chi connectivity index (χ0n) is 27.0. The Labute approximate surface area is 287 Å². The van der Waals surface area contributed by atoms with Gasteiger partial charge in [0.05, 0.1) is 0 Å². The van der Waals surface area contributed by atoms with Gasteiger partial charge in [0.1, 0.15) is 22.3 Å². The van der Waals surface area contributed by atoms with Crippen molar-refractivity contribution in [3.05, 3.63) is 170 Å². The maximum Gasteiger partial charge on any atom is 0.143 e. The maximum absolute atomic E-state index is 6.52. The molecule has 0 aliphatic carbocycles. The van der Waals surface area contributed by atoms with Crippen molar-refractivity contribution < 1.29 is 8.83 Å². The van der Waals surface area contributed by atoms with Crippen LogP contribution in [0.1, 0.15) is 0 Å². The van der Waals surface area contributed by atoms with E-state index >= 15 is 0 Å². The van der Waals surface area contributed by atoms with Crippen molar-refractivity contribution in [1.82, 2.24) is 0 Å². The fourth-order valence-electron chi connectivity index (χ4n) is 8.16. The minimum atomic E-state index is 0.903. The molecule has 11 rings (SSSR count). The van der Waals surface area contributed by atoms with Gasteiger partial charge >= 0.3 is 0 Å². The topological polar surface area (TPSA) is 26.3 Å². The van der Waals surface area contributed by atoms with Crippen LogP contribution in [0.4, 0.5) is 0 Å². The zero-order valence-corrected chi connectivity index (χ0v) is 27.0. The van der Waals surface area contributed by atoms with Crippen LogP contribution in [0.15, 0.2) is 179 Å². The molecule has 2 heteroatoms. The molecule has 0 atom stereocenters. The summed E-state index contributed by atoms with van der Waals surface area (Å²) >= 11 is 0. The molecule has 0 bridgehead atoms. The van der Waals surface area contributed by atoms with E-state index in [1.54, 1.807) is 0 Å². The second-order valence-electron chi connectivity index (χ2n) is 13.2. The Morgan fingerprint density at radius 2 is 0.800 bits per heavy atom. The molecule has 2 nitrogen and oxygen atoms in total. The Kier molecular flexibility index (Phi) is 5.70. The first-order valence-corrected chi connectivity index (χ1v) is 17.1. The summed E-state index contributed by atoms with van der Waals surface area (Å²) in [5.74, 6) is 0. The summed E-state index contributed by atoms with van der Waals surface area (Å²) < 4.78 is 12.9. The lowest BCUT2D eigenvalue weighted by Gasteiger charge is -2.18. The van der Waals surface area contributed by atoms with Gasteiger partial charge in [0, 0.05) is 27.1 Å². The van der Waals surface area contributed by atoms with Crippen molar-refractivity contribution in [1.29, 1.82) is 0 Å². The summed E-state index contributed by atoms with van der Waals surface area (Å²) in [6.45, 7) is 0. The van der Waals surface area contributed by atoms with Gasteiger partial charge in [-0.25, -0.2) is 0 Å². The summed E-state index contributed by atoms with van der Waals surface area (Å²) in [6, 6.07) is 60.9. The highest BCUT2D eigenvalue weighted by Gasteiger charge is 2.19. The molecule has 0 aliphatic rings. The molecule has 0 amide bonds. The monoisotopic (exact) mass is 636 g/mol. The van der Waals surface area contributed by atoms with Gasteiger partial charge in [-0.1, -0.05) is 140 Å². The largest absolute Gasteiger partial charge is 0.456 e. The SMILES string of the molecule is c1ccc2cc3c(cc2c1)oc1cc(-c2c4ccccc4c(-c4ccc(-c5cccc6c5oc5ccccc56)cc4)c4ccccc24)ccc13. The predicted octanol–water partition coefficient (Wildman–Crippen LogP) is 13.9. The van der Waals surface area contributed by atoms with Gasteiger partial charge in [-0.15, -0.1) is 0 Å². The number of hydrogen-bond acceptors (Lipinski definition) is 2. The molecule has 2 heterocycles. The van der Waals surface area contributed by atoms with Crippen molar-refractivity contribution in [3.8, 4) is 33.4 Å². The molecule has 11 aromatic rings. The molecule has 0 N–H and O–H groups in total. The first-order chi connectivity index (χ1) is 24.8. The zero-order chi connectivity index (χ0) is 32.8. The minimum Gasteiger partial charge on any atom is -0.456 e. The van der Waals surface area contributed by atoms with Crippen LogP contribution in [0.5, 0.6) is 0 Å². The third-order valence-corrected chi connectivity index (χ3v) is 10.4. The molecule has 0 spiro atoms. The van der Waals surface area contributed by atoms with Crippen molar-refractivity contribution >= 4 is 76.2 Å². The molecule has 0 radical (unpaired) electrons. The highest BCUT2D eigenvalue weighted by molar-refractivity contribution is 6.22. The van der Waals surface area contributed by atoms with E-state index in [0.29, 0.717) is 0 Å². The molecular formula is C48H28O2. The molecular weight excluding hydrogens is 609 g/mol. The average Bonchev–Trinajstić information content (AvgIpc) is 3.73. The summed E-state index contributed by atoms with van der Waals surface area (Å²) in [5.41, 5.74) is 10.7. The highest BCUT2D eigenvalue weighted by Crippen LogP contribution is 2.45. The van der Waals surface area contributed by atoms with E-state index in [0.717, 1.165) is 60.6 Å². The van der Waals surface area contributed by atoms with Gasteiger partial charge in [0.15, 0.2) is 0 Å². The fourth-order valence-corrected chi connectivity index (χ4v) is 8.16. The molecule has 0 unspecified atom stereocenters. The van der Waals surface area contributed by atoms with E-state index in [-0.39, 0.29) is 0 Å². The number of benzene rings is 9. The summed E-state index contributed by atoms with van der Waals surface area (Å²) in [7, 11) is 0. The van der Waals surface area contributed by atoms with Crippen LogP contribution in [-0.4, -0.2) is 0 Å². The van der Waals surface area contributed by atoms with Gasteiger partial charge in [-0.05, 0) is 90.5 Å². The van der Waals surface area contributed by atoms with Crippen molar-refractivity contribution in [3.63, 3.8) is 0 Å². The minimum absolute atomic E-state index is 0.903. The Hall–Kier alpha value is -6.64. The molecule has 9 aromatic carbocycles. The van der Waals surface area contributed by atoms with Gasteiger partial charge in [0.25, 0.3) is 0 Å². The number of furan rings is 2. The van der Waals surface area contributed by atoms with Gasteiger partial charge < -0.3 is 8.83 Å². The fraction of sp³-hybridized carbons (Fsp3) is 0. The first-order valence-electron chi connectivity index (χ1n) is 17.1. The highest BCUT2D eigenvalue weighted by atomic mass is 16.3. The Bertz CT molecular complexity index is 3080. The van der Waals surface area contributed by atoms with E-state index in [4.69, 9.17) is 8.83 Å². The third kappa shape index (κ3) is 3.96. The molecule has 0 saturated heterocycles. The Morgan fingerprint density at radius 3 is 1.52 bits per heavy atom. The van der Waals surface area contributed by atoms with Gasteiger partial charge in [0.2, 0.25) is 0 Å². The van der Waals surface area contributed by atoms with Crippen molar-refractivity contribution in [2.24, 2.45) is 0 Å². The smallest absolute Gasteiger partial charge is 0.143 e. The normalized spacial score (nSPS) is 12.0. The van der Waals surface area contributed by atoms with E-state index in [1.165, 1.54) is 49.0 Å². The number of hydrogen-bond donors (Lipinski definition) is 0. The van der Waals surface area contributed by atoms with Crippen molar-refractivity contribution in [2.75, 3.05) is 0 Å². The van der Waals surface area contributed by atoms with E-state index in [9.17, 15) is 0 Å². The molecule has 0 saturated carbocycles. The van der Waals surface area contributed by atoms with Gasteiger partial charge in [-0.2, -0.15) is 0 Å². The lowest BCUT2D eigenvalue weighted by molar-refractivity contribution is 0.669. The maximum atomic E-state index is 6.52. The lowest BCUT2D eigenvalue weighted by Crippen LogP contribution is -1.91. The van der Waals surface area contributed by atoms with Crippen LogP contribution in [0.2, 0.25) is 0 Å². The van der Waals surface area contributed by atoms with Crippen LogP contribution in [0.25, 0.3) is 110 Å². The van der Waals surface area contributed by atoms with Crippen LogP contribution in [0.3, 0.4) is 0 Å². The van der Waals surface area contributed by atoms with E-state index in [2.05, 4.69) is 158 Å². The molecule has 0 aliphatic heterocycles. The number of fused-ring (bicyclic) bond motifs is 9. The van der Waals surface area contributed by atoms with Crippen LogP contribution >= 0.6 is 0 Å². The van der Waals surface area contributed by atoms with Crippen LogP contribution in [0, 0.1) is 0 Å². The molecule has 232 valence electrons. The lowest BCUT2D eigenvalue weighted by atomic mass is 9.85. The predicted molar refractivity (Wildman–Crippen MR) is 210 cm³/mol. The second-order valence-corrected chi connectivity index (χ2v) is 13.2. The molecule has 0 fully saturated rings. The number of para-hydroxylation sites is 2. The molecule has 50 heavy (non-hydrogen) atoms. The van der Waals surface area contributed by atoms with Crippen molar-refractivity contribution in [2.45, 2.75) is 0 Å². The van der Waals surface area contributed by atoms with E-state index < -0.39 is 0 Å². The standard InChI is InChI=1S/C48H28O2/c1-2-11-32-27-45-42(26-31(32)10-1)36-25-24-33(28-44(36)49-45)47-39-15-5-3-13-37(39)46(38-14-4-6-16-40(38)47)30-22-20-29(21-23-30)34-17-9-18-41-35-12-7-8-19-43(35)50-48(34)41/h1-28H. The Balaban J connectivity index is 1.09. The first kappa shape index (κ1) is 27.3. The second kappa shape index (κ2) is 10.4. The number of rotatable bonds is 3. The summed E-state index contributed by atoms with van der Waals surface area (Å²) in [4.78, 5) is 0. The van der Waals surface area contributed by atoms with Gasteiger partial charge in [-0.3, -0.25) is 0 Å². The Morgan fingerprint density at radius 1 is 0.280 bits per heavy atom. The van der Waals surface area contributed by atoms with Crippen LogP contribution in [-0.2, 0) is 0 Å². The third-order valence-electron chi connectivity index (χ3n) is 10.4. The quantitative estimate of drug-likeness (QED) is 0.180. The molecule has 2 aromatic heterocycles.